The van der Waals surface area contributed by atoms with Gasteiger partial charge in [-0.2, -0.15) is 0 Å². The van der Waals surface area contributed by atoms with E-state index in [1.807, 2.05) is 0 Å². The van der Waals surface area contributed by atoms with Crippen LogP contribution in [0, 0.1) is 5.92 Å². The molecule has 4 nitrogen and oxygen atoms in total. The van der Waals surface area contributed by atoms with Crippen LogP contribution in [-0.4, -0.2) is 29.5 Å². The molecule has 0 aromatic carbocycles. The number of carbonyl (C=O) groups excluding carboxylic acids is 2. The Morgan fingerprint density at radius 1 is 1.12 bits per heavy atom. The highest BCUT2D eigenvalue weighted by molar-refractivity contribution is 9.10. The van der Waals surface area contributed by atoms with Gasteiger partial charge in [-0.25, -0.2) is 0 Å². The van der Waals surface area contributed by atoms with Crippen molar-refractivity contribution in [2.75, 3.05) is 6.61 Å². The summed E-state index contributed by atoms with van der Waals surface area (Å²) in [6.07, 6.45) is 0.275. The predicted octanol–water partition coefficient (Wildman–Crippen LogP) is 2.29. The monoisotopic (exact) mass is 294 g/mol. The van der Waals surface area contributed by atoms with Gasteiger partial charge in [0.25, 0.3) is 0 Å². The molecule has 0 heterocycles. The average Bonchev–Trinajstić information content (AvgIpc) is 2.16. The number of ether oxygens (including phenoxy) is 2. The fourth-order valence-electron chi connectivity index (χ4n) is 0.843. The van der Waals surface area contributed by atoms with E-state index in [2.05, 4.69) is 15.9 Å². The zero-order valence-electron chi connectivity index (χ0n) is 10.2. The standard InChI is InChI=1S/C11H19BrO4/c1-7(2)10(13)15-6-5-8(3)16-11(14)9(4)12/h7-9H,5-6H2,1-4H3. The van der Waals surface area contributed by atoms with E-state index in [9.17, 15) is 9.59 Å². The molecule has 0 amide bonds. The lowest BCUT2D eigenvalue weighted by molar-refractivity contribution is -0.151. The first kappa shape index (κ1) is 15.4. The maximum absolute atomic E-state index is 11.2. The van der Waals surface area contributed by atoms with E-state index in [0.717, 1.165) is 0 Å². The van der Waals surface area contributed by atoms with Crippen molar-refractivity contribution >= 4 is 27.9 Å². The van der Waals surface area contributed by atoms with E-state index in [1.54, 1.807) is 27.7 Å². The molecule has 94 valence electrons. The lowest BCUT2D eigenvalue weighted by Gasteiger charge is -2.14. The number of hydrogen-bond donors (Lipinski definition) is 0. The number of carbonyl (C=O) groups is 2. The molecule has 0 aromatic heterocycles. The van der Waals surface area contributed by atoms with Crippen molar-refractivity contribution in [3.63, 3.8) is 0 Å². The van der Waals surface area contributed by atoms with Crippen molar-refractivity contribution < 1.29 is 19.1 Å². The van der Waals surface area contributed by atoms with Crippen LogP contribution >= 0.6 is 15.9 Å². The Balaban J connectivity index is 3.70. The maximum Gasteiger partial charge on any atom is 0.319 e. The molecule has 0 saturated carbocycles. The molecule has 0 bridgehead atoms. The van der Waals surface area contributed by atoms with Gasteiger partial charge in [0.15, 0.2) is 0 Å². The summed E-state index contributed by atoms with van der Waals surface area (Å²) in [5.74, 6) is -0.657. The lowest BCUT2D eigenvalue weighted by Crippen LogP contribution is -2.23. The second kappa shape index (κ2) is 7.65. The molecule has 0 aromatic rings. The number of alkyl halides is 1. The number of hydrogen-bond acceptors (Lipinski definition) is 4. The zero-order chi connectivity index (χ0) is 12.7. The van der Waals surface area contributed by atoms with Crippen molar-refractivity contribution in [2.24, 2.45) is 5.92 Å². The molecule has 16 heavy (non-hydrogen) atoms. The zero-order valence-corrected chi connectivity index (χ0v) is 11.7. The predicted molar refractivity (Wildman–Crippen MR) is 64.4 cm³/mol. The molecule has 0 rings (SSSR count). The van der Waals surface area contributed by atoms with Gasteiger partial charge >= 0.3 is 11.9 Å². The molecule has 0 aliphatic carbocycles. The van der Waals surface area contributed by atoms with Gasteiger partial charge in [-0.15, -0.1) is 0 Å². The van der Waals surface area contributed by atoms with Crippen LogP contribution in [0.2, 0.25) is 0 Å². The topological polar surface area (TPSA) is 52.6 Å². The van der Waals surface area contributed by atoms with Crippen LogP contribution in [0.1, 0.15) is 34.1 Å². The maximum atomic E-state index is 11.2. The Labute approximate surface area is 105 Å². The highest BCUT2D eigenvalue weighted by Gasteiger charge is 2.15. The van der Waals surface area contributed by atoms with E-state index >= 15 is 0 Å². The van der Waals surface area contributed by atoms with Crippen molar-refractivity contribution in [3.8, 4) is 0 Å². The summed E-state index contributed by atoms with van der Waals surface area (Å²) in [6.45, 7) is 7.31. The van der Waals surface area contributed by atoms with Gasteiger partial charge in [-0.3, -0.25) is 9.59 Å². The molecular formula is C11H19BrO4. The van der Waals surface area contributed by atoms with Gasteiger partial charge < -0.3 is 9.47 Å². The minimum atomic E-state index is -0.312. The van der Waals surface area contributed by atoms with E-state index in [0.29, 0.717) is 6.42 Å². The third-order valence-corrected chi connectivity index (χ3v) is 2.26. The van der Waals surface area contributed by atoms with Gasteiger partial charge in [-0.1, -0.05) is 29.8 Å². The molecular weight excluding hydrogens is 276 g/mol. The van der Waals surface area contributed by atoms with Gasteiger partial charge in [0.05, 0.1) is 12.5 Å². The van der Waals surface area contributed by atoms with E-state index in [-0.39, 0.29) is 35.4 Å². The second-order valence-electron chi connectivity index (χ2n) is 3.97. The average molecular weight is 295 g/mol. The van der Waals surface area contributed by atoms with Crippen molar-refractivity contribution in [2.45, 2.75) is 45.0 Å². The first-order valence-corrected chi connectivity index (χ1v) is 6.27. The Hall–Kier alpha value is -0.580. The minimum absolute atomic E-state index is 0.125. The van der Waals surface area contributed by atoms with E-state index in [1.165, 1.54) is 0 Å². The fraction of sp³-hybridized carbons (Fsp3) is 0.818. The number of rotatable bonds is 6. The summed E-state index contributed by atoms with van der Waals surface area (Å²) in [6, 6.07) is 0. The molecule has 0 radical (unpaired) electrons. The van der Waals surface area contributed by atoms with Crippen LogP contribution < -0.4 is 0 Å². The summed E-state index contributed by atoms with van der Waals surface area (Å²) in [4.78, 5) is 22.0. The molecule has 0 saturated heterocycles. The second-order valence-corrected chi connectivity index (χ2v) is 5.35. The summed E-state index contributed by atoms with van der Waals surface area (Å²) < 4.78 is 10.1. The largest absolute Gasteiger partial charge is 0.465 e. The first-order chi connectivity index (χ1) is 7.34. The van der Waals surface area contributed by atoms with Gasteiger partial charge in [0.2, 0.25) is 0 Å². The summed E-state index contributed by atoms with van der Waals surface area (Å²) >= 11 is 3.12. The van der Waals surface area contributed by atoms with Crippen molar-refractivity contribution in [3.05, 3.63) is 0 Å². The van der Waals surface area contributed by atoms with Gasteiger partial charge in [-0.05, 0) is 13.8 Å². The highest BCUT2D eigenvalue weighted by Crippen LogP contribution is 2.06. The van der Waals surface area contributed by atoms with Gasteiger partial charge in [0.1, 0.15) is 10.9 Å². The van der Waals surface area contributed by atoms with Crippen LogP contribution in [0.25, 0.3) is 0 Å². The number of halogens is 1. The fourth-order valence-corrected chi connectivity index (χ4v) is 0.951. The Bertz CT molecular complexity index is 238. The van der Waals surface area contributed by atoms with Crippen molar-refractivity contribution in [1.29, 1.82) is 0 Å². The molecule has 0 fully saturated rings. The smallest absolute Gasteiger partial charge is 0.319 e. The molecule has 0 spiro atoms. The molecule has 2 atom stereocenters. The lowest BCUT2D eigenvalue weighted by atomic mass is 10.2. The highest BCUT2D eigenvalue weighted by atomic mass is 79.9. The SMILES string of the molecule is CC(CCOC(=O)C(C)C)OC(=O)C(C)Br. The van der Waals surface area contributed by atoms with Gasteiger partial charge in [0, 0.05) is 6.42 Å². The van der Waals surface area contributed by atoms with E-state index < -0.39 is 0 Å². The van der Waals surface area contributed by atoms with Crippen LogP contribution in [0.4, 0.5) is 0 Å². The molecule has 0 aliphatic heterocycles. The minimum Gasteiger partial charge on any atom is -0.465 e. The van der Waals surface area contributed by atoms with Crippen LogP contribution in [0.3, 0.4) is 0 Å². The van der Waals surface area contributed by atoms with Crippen LogP contribution in [0.15, 0.2) is 0 Å². The summed E-state index contributed by atoms with van der Waals surface area (Å²) in [7, 11) is 0. The quantitative estimate of drug-likeness (QED) is 0.557. The number of esters is 2. The molecule has 0 aliphatic rings. The summed E-state index contributed by atoms with van der Waals surface area (Å²) in [5.41, 5.74) is 0. The first-order valence-electron chi connectivity index (χ1n) is 5.35. The Kier molecular flexibility index (Phi) is 7.38. The molecule has 2 unspecified atom stereocenters. The Morgan fingerprint density at radius 3 is 2.12 bits per heavy atom. The Morgan fingerprint density at radius 2 is 1.69 bits per heavy atom. The van der Waals surface area contributed by atoms with Crippen LogP contribution in [-0.2, 0) is 19.1 Å². The summed E-state index contributed by atoms with van der Waals surface area (Å²) in [5, 5.41) is 0. The van der Waals surface area contributed by atoms with E-state index in [4.69, 9.17) is 9.47 Å². The van der Waals surface area contributed by atoms with Crippen LogP contribution in [0.5, 0.6) is 0 Å². The normalized spacial score (nSPS) is 14.4. The third-order valence-electron chi connectivity index (χ3n) is 1.88. The molecule has 5 heteroatoms. The third kappa shape index (κ3) is 6.82. The molecule has 0 N–H and O–H groups in total. The van der Waals surface area contributed by atoms with Crippen molar-refractivity contribution in [1.82, 2.24) is 0 Å².